The predicted octanol–water partition coefficient (Wildman–Crippen LogP) is 6.22. The molecule has 0 radical (unpaired) electrons. The van der Waals surface area contributed by atoms with Gasteiger partial charge in [-0.3, -0.25) is 9.89 Å². The average molecular weight is 506 g/mol. The average Bonchev–Trinajstić information content (AvgIpc) is 3.23. The van der Waals surface area contributed by atoms with Crippen molar-refractivity contribution >= 4 is 40.8 Å². The largest absolute Gasteiger partial charge is 0.356 e. The van der Waals surface area contributed by atoms with Gasteiger partial charge in [-0.15, -0.1) is 0 Å². The number of hydrogen-bond donors (Lipinski definition) is 3. The number of H-pyrrole nitrogens is 1. The number of nitrogens with one attached hydrogen (secondary N) is 3. The zero-order chi connectivity index (χ0) is 24.9. The summed E-state index contributed by atoms with van der Waals surface area (Å²) >= 11 is 1.53. The van der Waals surface area contributed by atoms with E-state index < -0.39 is 0 Å². The maximum Gasteiger partial charge on any atom is 0.227 e. The third-order valence-corrected chi connectivity index (χ3v) is 8.05. The quantitative estimate of drug-likeness (QED) is 0.328. The molecule has 3 aromatic rings. The van der Waals surface area contributed by atoms with Gasteiger partial charge in [-0.1, -0.05) is 19.3 Å². The summed E-state index contributed by atoms with van der Waals surface area (Å²) in [6, 6.07) is 9.99. The lowest BCUT2D eigenvalue weighted by molar-refractivity contribution is -0.120. The van der Waals surface area contributed by atoms with Crippen LogP contribution in [0.3, 0.4) is 0 Å². The lowest BCUT2D eigenvalue weighted by Gasteiger charge is -2.28. The third kappa shape index (κ3) is 6.00. The first-order valence-corrected chi connectivity index (χ1v) is 13.9. The zero-order valence-corrected chi connectivity index (χ0v) is 22.0. The van der Waals surface area contributed by atoms with Crippen molar-refractivity contribution in [3.8, 4) is 0 Å². The molecule has 2 aliphatic rings. The molecule has 0 spiro atoms. The van der Waals surface area contributed by atoms with Gasteiger partial charge in [-0.05, 0) is 82.0 Å². The van der Waals surface area contributed by atoms with Crippen molar-refractivity contribution < 1.29 is 4.79 Å². The molecule has 0 atom stereocenters. The fraction of sp³-hybridized carbons (Fsp3) is 0.481. The Hall–Kier alpha value is -3.07. The number of aryl methyl sites for hydroxylation is 1. The van der Waals surface area contributed by atoms with Gasteiger partial charge in [0.1, 0.15) is 11.6 Å². The molecule has 1 saturated heterocycles. The predicted molar refractivity (Wildman–Crippen MR) is 145 cm³/mol. The second-order valence-corrected chi connectivity index (χ2v) is 10.9. The summed E-state index contributed by atoms with van der Waals surface area (Å²) in [6.07, 6.45) is 9.18. The van der Waals surface area contributed by atoms with Crippen LogP contribution in [-0.2, 0) is 4.79 Å². The molecule has 1 aliphatic heterocycles. The van der Waals surface area contributed by atoms with Crippen LogP contribution < -0.4 is 15.5 Å². The molecule has 1 saturated carbocycles. The van der Waals surface area contributed by atoms with Crippen molar-refractivity contribution in [3.63, 3.8) is 0 Å². The Balaban J connectivity index is 1.32. The number of aromatic nitrogens is 4. The molecule has 1 aliphatic carbocycles. The molecule has 3 N–H and O–H groups in total. The van der Waals surface area contributed by atoms with Crippen molar-refractivity contribution in [2.45, 2.75) is 75.3 Å². The summed E-state index contributed by atoms with van der Waals surface area (Å²) in [5.41, 5.74) is 2.95. The molecule has 0 unspecified atom stereocenters. The minimum Gasteiger partial charge on any atom is -0.356 e. The van der Waals surface area contributed by atoms with Crippen LogP contribution in [0.1, 0.15) is 62.6 Å². The second kappa shape index (κ2) is 11.3. The minimum absolute atomic E-state index is 0.145. The van der Waals surface area contributed by atoms with E-state index in [1.54, 1.807) is 0 Å². The smallest absolute Gasteiger partial charge is 0.227 e. The van der Waals surface area contributed by atoms with Gasteiger partial charge in [0, 0.05) is 46.9 Å². The van der Waals surface area contributed by atoms with Crippen molar-refractivity contribution in [1.82, 2.24) is 20.2 Å². The number of aromatic amines is 1. The first-order chi connectivity index (χ1) is 17.5. The van der Waals surface area contributed by atoms with Crippen LogP contribution in [0.4, 0.5) is 23.1 Å². The van der Waals surface area contributed by atoms with Crippen LogP contribution in [0.25, 0.3) is 0 Å². The van der Waals surface area contributed by atoms with Crippen molar-refractivity contribution in [2.75, 3.05) is 28.6 Å². The van der Waals surface area contributed by atoms with Crippen molar-refractivity contribution in [2.24, 2.45) is 5.92 Å². The minimum atomic E-state index is 0.145. The Morgan fingerprint density at radius 1 is 1.00 bits per heavy atom. The fourth-order valence-electron chi connectivity index (χ4n) is 4.86. The van der Waals surface area contributed by atoms with Crippen LogP contribution in [-0.4, -0.2) is 39.2 Å². The summed E-state index contributed by atoms with van der Waals surface area (Å²) in [5, 5.41) is 14.6. The summed E-state index contributed by atoms with van der Waals surface area (Å²) in [4.78, 5) is 25.6. The first-order valence-electron chi connectivity index (χ1n) is 13.1. The molecule has 2 aromatic heterocycles. The van der Waals surface area contributed by atoms with Crippen molar-refractivity contribution in [3.05, 3.63) is 41.6 Å². The van der Waals surface area contributed by atoms with E-state index in [-0.39, 0.29) is 11.8 Å². The van der Waals surface area contributed by atoms with Gasteiger partial charge in [0.15, 0.2) is 11.0 Å². The zero-order valence-electron chi connectivity index (χ0n) is 21.1. The van der Waals surface area contributed by atoms with Crippen LogP contribution in [0.2, 0.25) is 0 Å². The number of benzene rings is 1. The molecule has 1 amide bonds. The monoisotopic (exact) mass is 505 g/mol. The Bertz CT molecular complexity index is 1180. The van der Waals surface area contributed by atoms with Crippen LogP contribution >= 0.6 is 11.8 Å². The summed E-state index contributed by atoms with van der Waals surface area (Å²) in [6.45, 7) is 6.07. The highest BCUT2D eigenvalue weighted by Crippen LogP contribution is 2.31. The van der Waals surface area contributed by atoms with Crippen LogP contribution in [0, 0.1) is 19.8 Å². The number of carbonyl (C=O) groups is 1. The number of carbonyl (C=O) groups excluding carboxylic acids is 1. The second-order valence-electron chi connectivity index (χ2n) is 9.84. The van der Waals surface area contributed by atoms with E-state index >= 15 is 0 Å². The standard InChI is InChI=1S/C27H35N7OS/c1-18-19(2)32-33-25(18)29-23-17-24(34-15-7-4-8-16-34)31-27(30-23)36-22-13-11-21(12-14-22)28-26(35)20-9-5-3-6-10-20/h11-14,17,20H,3-10,15-16H2,1-2H3,(H,28,35)(H2,29,30,31,32,33). The Kier molecular flexibility index (Phi) is 7.75. The number of piperidine rings is 1. The molecular weight excluding hydrogens is 470 g/mol. The lowest BCUT2D eigenvalue weighted by Crippen LogP contribution is -2.30. The van der Waals surface area contributed by atoms with E-state index in [2.05, 4.69) is 25.7 Å². The molecule has 1 aromatic carbocycles. The Morgan fingerprint density at radius 3 is 2.42 bits per heavy atom. The summed E-state index contributed by atoms with van der Waals surface area (Å²) < 4.78 is 0. The molecule has 5 rings (SSSR count). The molecule has 2 fully saturated rings. The van der Waals surface area contributed by atoms with E-state index in [9.17, 15) is 4.79 Å². The Morgan fingerprint density at radius 2 is 1.72 bits per heavy atom. The summed E-state index contributed by atoms with van der Waals surface area (Å²) in [5.74, 6) is 2.75. The topological polar surface area (TPSA) is 98.8 Å². The maximum absolute atomic E-state index is 12.6. The van der Waals surface area contributed by atoms with Gasteiger partial charge in [-0.2, -0.15) is 5.10 Å². The van der Waals surface area contributed by atoms with Crippen LogP contribution in [0.5, 0.6) is 0 Å². The van der Waals surface area contributed by atoms with E-state index in [0.29, 0.717) is 5.16 Å². The number of rotatable bonds is 7. The van der Waals surface area contributed by atoms with Gasteiger partial charge in [0.05, 0.1) is 0 Å². The van der Waals surface area contributed by atoms with Gasteiger partial charge in [0.25, 0.3) is 0 Å². The molecule has 9 heteroatoms. The van der Waals surface area contributed by atoms with E-state index in [1.807, 2.05) is 44.2 Å². The maximum atomic E-state index is 12.6. The molecule has 190 valence electrons. The van der Waals surface area contributed by atoms with Crippen molar-refractivity contribution in [1.29, 1.82) is 0 Å². The highest BCUT2D eigenvalue weighted by Gasteiger charge is 2.21. The molecule has 0 bridgehead atoms. The lowest BCUT2D eigenvalue weighted by atomic mass is 9.88. The molecule has 8 nitrogen and oxygen atoms in total. The van der Waals surface area contributed by atoms with E-state index in [4.69, 9.17) is 9.97 Å². The number of anilines is 4. The van der Waals surface area contributed by atoms with E-state index in [1.165, 1.54) is 37.4 Å². The fourth-order valence-corrected chi connectivity index (χ4v) is 5.62. The molecule has 36 heavy (non-hydrogen) atoms. The Labute approximate surface area is 217 Å². The van der Waals surface area contributed by atoms with Gasteiger partial charge in [-0.25, -0.2) is 9.97 Å². The highest BCUT2D eigenvalue weighted by molar-refractivity contribution is 7.99. The highest BCUT2D eigenvalue weighted by atomic mass is 32.2. The molecule has 3 heterocycles. The van der Waals surface area contributed by atoms with Crippen LogP contribution in [0.15, 0.2) is 40.4 Å². The normalized spacial score (nSPS) is 16.7. The van der Waals surface area contributed by atoms with Gasteiger partial charge >= 0.3 is 0 Å². The first kappa shape index (κ1) is 24.6. The molecular formula is C27H35N7OS. The number of hydrogen-bond acceptors (Lipinski definition) is 7. The SMILES string of the molecule is Cc1[nH]nc(Nc2cc(N3CCCCC3)nc(Sc3ccc(NC(=O)C4CCCCC4)cc3)n2)c1C. The number of nitrogens with zero attached hydrogens (tertiary/aromatic N) is 4. The third-order valence-electron chi connectivity index (χ3n) is 7.18. The number of amides is 1. The summed E-state index contributed by atoms with van der Waals surface area (Å²) in [7, 11) is 0. The van der Waals surface area contributed by atoms with E-state index in [0.717, 1.165) is 78.1 Å². The van der Waals surface area contributed by atoms with Gasteiger partial charge in [0.2, 0.25) is 5.91 Å². The van der Waals surface area contributed by atoms with Gasteiger partial charge < -0.3 is 15.5 Å².